The number of aromatic nitrogens is 2. The maximum absolute atomic E-state index is 12.8. The fourth-order valence-corrected chi connectivity index (χ4v) is 1.74. The number of aromatic amines is 2. The lowest BCUT2D eigenvalue weighted by Crippen LogP contribution is -2.68. The third kappa shape index (κ3) is 5.98. The summed E-state index contributed by atoms with van der Waals surface area (Å²) in [5, 5.41) is 0. The van der Waals surface area contributed by atoms with Crippen LogP contribution in [0.15, 0.2) is 29.1 Å². The Morgan fingerprint density at radius 1 is 1.10 bits per heavy atom. The van der Waals surface area contributed by atoms with Gasteiger partial charge >= 0.3 is 5.56 Å². The van der Waals surface area contributed by atoms with Gasteiger partial charge in [-0.2, -0.15) is 0 Å². The lowest BCUT2D eigenvalue weighted by Gasteiger charge is -2.17. The first-order valence-electron chi connectivity index (χ1n) is 5.58. The van der Waals surface area contributed by atoms with E-state index in [-0.39, 0.29) is 11.4 Å². The Balaban J connectivity index is 0.000000383. The van der Waals surface area contributed by atoms with Gasteiger partial charge in [0.1, 0.15) is 17.1 Å². The van der Waals surface area contributed by atoms with Crippen molar-refractivity contribution in [2.75, 3.05) is 0 Å². The summed E-state index contributed by atoms with van der Waals surface area (Å²) < 4.78 is 46.7. The van der Waals surface area contributed by atoms with E-state index in [1.807, 2.05) is 6.92 Å². The molecule has 0 aliphatic carbocycles. The van der Waals surface area contributed by atoms with E-state index in [1.54, 1.807) is 19.1 Å². The van der Waals surface area contributed by atoms with Gasteiger partial charge in [-0.25, -0.2) is 37.8 Å². The Morgan fingerprint density at radius 3 is 2.00 bits per heavy atom. The molecule has 9 heteroatoms. The van der Waals surface area contributed by atoms with E-state index in [1.165, 1.54) is 12.1 Å². The van der Waals surface area contributed by atoms with E-state index in [0.717, 1.165) is 5.69 Å². The van der Waals surface area contributed by atoms with Crippen molar-refractivity contribution in [1.82, 2.24) is 4.98 Å². The Hall–Kier alpha value is -1.84. The molecule has 2 N–H and O–H groups in total. The molecule has 1 aromatic carbocycles. The first kappa shape index (κ1) is 17.2. The van der Waals surface area contributed by atoms with Crippen LogP contribution >= 0.6 is 0 Å². The summed E-state index contributed by atoms with van der Waals surface area (Å²) in [6.45, 7) is 3.60. The second-order valence-electron chi connectivity index (χ2n) is 4.09. The molecule has 0 atom stereocenters. The van der Waals surface area contributed by atoms with Gasteiger partial charge in [0.05, 0.1) is 0 Å². The highest BCUT2D eigenvalue weighted by Crippen LogP contribution is 2.16. The number of aryl methyl sites for hydroxylation is 2. The van der Waals surface area contributed by atoms with E-state index < -0.39 is 10.2 Å². The van der Waals surface area contributed by atoms with Crippen LogP contribution in [-0.2, 0) is 0 Å². The van der Waals surface area contributed by atoms with Crippen LogP contribution in [-0.4, -0.2) is 4.98 Å². The summed E-state index contributed by atoms with van der Waals surface area (Å²) in [6, 6.07) is 5.87. The van der Waals surface area contributed by atoms with E-state index in [2.05, 4.69) is 9.97 Å². The minimum atomic E-state index is -4.94. The van der Waals surface area contributed by atoms with Crippen molar-refractivity contribution < 1.29 is 38.3 Å². The molecule has 114 valence electrons. The van der Waals surface area contributed by atoms with Gasteiger partial charge in [0.2, 0.25) is 0 Å². The van der Waals surface area contributed by atoms with Crippen LogP contribution in [0.3, 0.4) is 0 Å². The first-order chi connectivity index (χ1) is 9.58. The Morgan fingerprint density at radius 2 is 1.57 bits per heavy atom. The zero-order valence-electron chi connectivity index (χ0n) is 11.1. The van der Waals surface area contributed by atoms with Crippen molar-refractivity contribution >= 4 is 0 Å². The highest BCUT2D eigenvalue weighted by atomic mass is 35.7. The van der Waals surface area contributed by atoms with E-state index in [4.69, 9.17) is 18.6 Å². The minimum Gasteiger partial charge on any atom is -0.248 e. The standard InChI is InChI=1S/C12H11FN2O.ClHO4/c1-7-11(12(16)15-8(2)14-7)9-3-5-10(13)6-4-9;2-1(3,4)5/h3-6H,1-2H3,(H,14,15,16);(H,2,3,4,5). The maximum Gasteiger partial charge on any atom is 0.343 e. The van der Waals surface area contributed by atoms with Crippen LogP contribution in [0.2, 0.25) is 0 Å². The average Bonchev–Trinajstić information content (AvgIpc) is 2.28. The van der Waals surface area contributed by atoms with Crippen LogP contribution in [0.5, 0.6) is 0 Å². The number of halogens is 2. The molecule has 0 aliphatic rings. The van der Waals surface area contributed by atoms with Crippen molar-refractivity contribution in [3.63, 3.8) is 0 Å². The molecular formula is C12H12ClFN2O5. The third-order valence-corrected chi connectivity index (χ3v) is 2.41. The zero-order chi connectivity index (χ0) is 16.2. The molecule has 0 spiro atoms. The minimum absolute atomic E-state index is 0.166. The fraction of sp³-hybridized carbons (Fsp3) is 0.167. The van der Waals surface area contributed by atoms with Crippen LogP contribution in [0.25, 0.3) is 11.1 Å². The molecule has 0 saturated heterocycles. The molecule has 1 heterocycles. The van der Waals surface area contributed by atoms with Crippen molar-refractivity contribution in [2.45, 2.75) is 13.8 Å². The molecule has 2 aromatic rings. The number of hydrogen-bond acceptors (Lipinski definition) is 5. The maximum atomic E-state index is 12.8. The molecule has 0 amide bonds. The van der Waals surface area contributed by atoms with Gasteiger partial charge in [0.15, 0.2) is 0 Å². The number of nitrogens with one attached hydrogen (secondary N) is 2. The second kappa shape index (κ2) is 6.74. The molecule has 2 rings (SSSR count). The van der Waals surface area contributed by atoms with Gasteiger partial charge in [-0.05, 0) is 24.6 Å². The number of benzene rings is 1. The molecule has 0 bridgehead atoms. The lowest BCUT2D eigenvalue weighted by molar-refractivity contribution is -2.00. The topological polar surface area (TPSA) is 139 Å². The summed E-state index contributed by atoms with van der Waals surface area (Å²) in [5.74, 6) is 0.391. The summed E-state index contributed by atoms with van der Waals surface area (Å²) >= 11 is 0. The number of H-pyrrole nitrogens is 2. The van der Waals surface area contributed by atoms with E-state index in [0.29, 0.717) is 17.0 Å². The summed E-state index contributed by atoms with van der Waals surface area (Å²) in [6.07, 6.45) is 0. The summed E-state index contributed by atoms with van der Waals surface area (Å²) in [5.41, 5.74) is 1.86. The van der Waals surface area contributed by atoms with Gasteiger partial charge in [-0.3, -0.25) is 0 Å². The van der Waals surface area contributed by atoms with Crippen LogP contribution < -0.4 is 29.2 Å². The summed E-state index contributed by atoms with van der Waals surface area (Å²) in [7, 11) is -4.94. The van der Waals surface area contributed by atoms with Crippen LogP contribution in [0.1, 0.15) is 11.5 Å². The number of hydrogen-bond donors (Lipinski definition) is 1. The third-order valence-electron chi connectivity index (χ3n) is 2.41. The van der Waals surface area contributed by atoms with Crippen molar-refractivity contribution in [3.8, 4) is 11.1 Å². The molecular weight excluding hydrogens is 307 g/mol. The first-order valence-corrected chi connectivity index (χ1v) is 6.82. The van der Waals surface area contributed by atoms with Crippen molar-refractivity contribution in [1.29, 1.82) is 0 Å². The zero-order valence-corrected chi connectivity index (χ0v) is 11.9. The molecule has 7 nitrogen and oxygen atoms in total. The van der Waals surface area contributed by atoms with E-state index in [9.17, 15) is 9.18 Å². The monoisotopic (exact) mass is 318 g/mol. The fourth-order valence-electron chi connectivity index (χ4n) is 1.74. The Bertz CT molecular complexity index is 661. The SMILES string of the molecule is Cc1[nH]c(=O)c(-c2ccc(F)cc2)c(C)[nH+]1.[O-][Cl+3]([O-])([O-])[O-]. The van der Waals surface area contributed by atoms with Gasteiger partial charge in [-0.1, -0.05) is 12.1 Å². The van der Waals surface area contributed by atoms with Gasteiger partial charge in [-0.15, -0.1) is 10.2 Å². The highest BCUT2D eigenvalue weighted by Gasteiger charge is 2.13. The normalized spacial score (nSPS) is 10.8. The predicted molar refractivity (Wildman–Crippen MR) is 58.5 cm³/mol. The molecule has 0 fully saturated rings. The second-order valence-corrected chi connectivity index (χ2v) is 4.84. The lowest BCUT2D eigenvalue weighted by atomic mass is 10.1. The smallest absolute Gasteiger partial charge is 0.248 e. The molecule has 0 aliphatic heterocycles. The van der Waals surface area contributed by atoms with Crippen molar-refractivity contribution in [3.05, 3.63) is 52.0 Å². The predicted octanol–water partition coefficient (Wildman–Crippen LogP) is -3.14. The summed E-state index contributed by atoms with van der Waals surface area (Å²) in [4.78, 5) is 17.5. The quantitative estimate of drug-likeness (QED) is 0.591. The van der Waals surface area contributed by atoms with Gasteiger partial charge in [0, 0.05) is 6.92 Å². The molecule has 21 heavy (non-hydrogen) atoms. The van der Waals surface area contributed by atoms with Gasteiger partial charge in [0.25, 0.3) is 5.82 Å². The average molecular weight is 319 g/mol. The number of rotatable bonds is 1. The Labute approximate surface area is 121 Å². The van der Waals surface area contributed by atoms with Crippen molar-refractivity contribution in [2.24, 2.45) is 0 Å². The van der Waals surface area contributed by atoms with Crippen LogP contribution in [0.4, 0.5) is 4.39 Å². The molecule has 0 unspecified atom stereocenters. The van der Waals surface area contributed by atoms with Gasteiger partial charge < -0.3 is 0 Å². The highest BCUT2D eigenvalue weighted by molar-refractivity contribution is 5.63. The molecule has 0 saturated carbocycles. The van der Waals surface area contributed by atoms with E-state index >= 15 is 0 Å². The molecule has 0 radical (unpaired) electrons. The Kier molecular flexibility index (Phi) is 5.53. The van der Waals surface area contributed by atoms with Crippen LogP contribution in [0, 0.1) is 29.9 Å². The largest absolute Gasteiger partial charge is 0.343 e. The molecule has 1 aromatic heterocycles.